The third kappa shape index (κ3) is 3.05. The summed E-state index contributed by atoms with van der Waals surface area (Å²) >= 11 is 1.57. The van der Waals surface area contributed by atoms with Gasteiger partial charge in [0.25, 0.3) is 5.91 Å². The molecule has 2 N–H and O–H groups in total. The van der Waals surface area contributed by atoms with Crippen molar-refractivity contribution in [1.82, 2.24) is 9.88 Å². The fourth-order valence-electron chi connectivity index (χ4n) is 5.16. The summed E-state index contributed by atoms with van der Waals surface area (Å²) in [4.78, 5) is 19.5. The van der Waals surface area contributed by atoms with Gasteiger partial charge in [-0.2, -0.15) is 0 Å². The van der Waals surface area contributed by atoms with Crippen LogP contribution in [0.1, 0.15) is 60.4 Å². The van der Waals surface area contributed by atoms with Crippen LogP contribution >= 0.6 is 11.3 Å². The summed E-state index contributed by atoms with van der Waals surface area (Å²) < 4.78 is 0. The monoisotopic (exact) mass is 333 g/mol. The number of carbonyl (C=O) groups is 1. The minimum absolute atomic E-state index is 0.148. The lowest BCUT2D eigenvalue weighted by molar-refractivity contribution is 0.0702. The molecule has 4 rings (SSSR count). The van der Waals surface area contributed by atoms with E-state index in [0.29, 0.717) is 18.3 Å². The smallest absolute Gasteiger partial charge is 0.273 e. The predicted molar refractivity (Wildman–Crippen MR) is 92.5 cm³/mol. The maximum absolute atomic E-state index is 12.8. The van der Waals surface area contributed by atoms with Gasteiger partial charge in [-0.3, -0.25) is 4.79 Å². The molecule has 1 aromatic heterocycles. The van der Waals surface area contributed by atoms with Crippen LogP contribution in [-0.4, -0.2) is 34.9 Å². The molecule has 0 spiro atoms. The number of carbonyl (C=O) groups excluding carboxylic acids is 1. The molecule has 1 amide bonds. The van der Waals surface area contributed by atoms with Crippen molar-refractivity contribution in [2.75, 3.05) is 13.1 Å². The van der Waals surface area contributed by atoms with Crippen molar-refractivity contribution in [2.45, 2.75) is 57.4 Å². The Bertz CT molecular complexity index is 572. The molecule has 4 atom stereocenters. The number of rotatable bonds is 5. The highest BCUT2D eigenvalue weighted by molar-refractivity contribution is 7.09. The summed E-state index contributed by atoms with van der Waals surface area (Å²) in [6.45, 7) is 1.51. The third-order valence-corrected chi connectivity index (χ3v) is 7.14. The molecule has 0 aromatic carbocycles. The summed E-state index contributed by atoms with van der Waals surface area (Å²) in [6, 6.07) is 0.450. The van der Waals surface area contributed by atoms with E-state index in [4.69, 9.17) is 5.73 Å². The van der Waals surface area contributed by atoms with E-state index in [1.807, 2.05) is 5.38 Å². The van der Waals surface area contributed by atoms with Gasteiger partial charge in [0.05, 0.1) is 5.01 Å². The van der Waals surface area contributed by atoms with E-state index in [-0.39, 0.29) is 5.91 Å². The van der Waals surface area contributed by atoms with Crippen LogP contribution in [0.25, 0.3) is 0 Å². The molecule has 126 valence electrons. The maximum Gasteiger partial charge on any atom is 0.273 e. The van der Waals surface area contributed by atoms with Gasteiger partial charge >= 0.3 is 0 Å². The van der Waals surface area contributed by atoms with Crippen molar-refractivity contribution in [3.05, 3.63) is 16.1 Å². The summed E-state index contributed by atoms with van der Waals surface area (Å²) in [5.41, 5.74) is 6.22. The van der Waals surface area contributed by atoms with Crippen LogP contribution < -0.4 is 5.73 Å². The lowest BCUT2D eigenvalue weighted by Crippen LogP contribution is -2.37. The number of fused-ring (bicyclic) bond motifs is 2. The van der Waals surface area contributed by atoms with Crippen molar-refractivity contribution in [3.63, 3.8) is 0 Å². The highest BCUT2D eigenvalue weighted by atomic mass is 32.1. The molecule has 5 heteroatoms. The Kier molecular flexibility index (Phi) is 4.41. The van der Waals surface area contributed by atoms with Gasteiger partial charge in [0.2, 0.25) is 0 Å². The maximum atomic E-state index is 12.8. The van der Waals surface area contributed by atoms with Crippen LogP contribution in [0.2, 0.25) is 0 Å². The molecule has 2 bridgehead atoms. The second-order valence-corrected chi connectivity index (χ2v) is 8.57. The summed E-state index contributed by atoms with van der Waals surface area (Å²) in [5, 5.41) is 2.90. The lowest BCUT2D eigenvalue weighted by Gasteiger charge is -2.30. The van der Waals surface area contributed by atoms with Crippen molar-refractivity contribution < 1.29 is 4.79 Å². The van der Waals surface area contributed by atoms with E-state index in [9.17, 15) is 4.79 Å². The highest BCUT2D eigenvalue weighted by Gasteiger charge is 2.42. The van der Waals surface area contributed by atoms with E-state index < -0.39 is 0 Å². The molecular formula is C18H27N3OS. The quantitative estimate of drug-likeness (QED) is 0.901. The molecule has 23 heavy (non-hydrogen) atoms. The Hall–Kier alpha value is -0.940. The first-order chi connectivity index (χ1) is 11.2. The van der Waals surface area contributed by atoms with Crippen molar-refractivity contribution in [3.8, 4) is 0 Å². The van der Waals surface area contributed by atoms with Crippen molar-refractivity contribution >= 4 is 17.2 Å². The Labute approximate surface area is 142 Å². The first-order valence-corrected chi connectivity index (χ1v) is 10.1. The second-order valence-electron chi connectivity index (χ2n) is 7.63. The fraction of sp³-hybridized carbons (Fsp3) is 0.778. The molecular weight excluding hydrogens is 306 g/mol. The number of hydrogen-bond acceptors (Lipinski definition) is 4. The second kappa shape index (κ2) is 6.52. The van der Waals surface area contributed by atoms with Gasteiger partial charge < -0.3 is 10.6 Å². The zero-order chi connectivity index (χ0) is 15.8. The van der Waals surface area contributed by atoms with Gasteiger partial charge in [-0.15, -0.1) is 11.3 Å². The van der Waals surface area contributed by atoms with Crippen LogP contribution in [0, 0.1) is 17.8 Å². The number of nitrogens with two attached hydrogens (primary N) is 1. The van der Waals surface area contributed by atoms with Crippen LogP contribution in [-0.2, 0) is 6.42 Å². The lowest BCUT2D eigenvalue weighted by atomic mass is 9.83. The predicted octanol–water partition coefficient (Wildman–Crippen LogP) is 3.08. The van der Waals surface area contributed by atoms with Gasteiger partial charge in [0, 0.05) is 24.4 Å². The van der Waals surface area contributed by atoms with E-state index in [2.05, 4.69) is 9.88 Å². The largest absolute Gasteiger partial charge is 0.334 e. The molecule has 4 nitrogen and oxygen atoms in total. The first kappa shape index (κ1) is 15.6. The topological polar surface area (TPSA) is 59.2 Å². The Morgan fingerprint density at radius 3 is 3.00 bits per heavy atom. The molecule has 1 aliphatic heterocycles. The molecule has 2 saturated carbocycles. The van der Waals surface area contributed by atoms with E-state index in [1.165, 1.54) is 38.5 Å². The Morgan fingerprint density at radius 1 is 1.35 bits per heavy atom. The minimum atomic E-state index is 0.148. The summed E-state index contributed by atoms with van der Waals surface area (Å²) in [7, 11) is 0. The minimum Gasteiger partial charge on any atom is -0.334 e. The van der Waals surface area contributed by atoms with Crippen LogP contribution in [0.15, 0.2) is 5.38 Å². The fourth-order valence-corrected chi connectivity index (χ4v) is 5.95. The third-order valence-electron chi connectivity index (χ3n) is 6.23. The van der Waals surface area contributed by atoms with E-state index in [0.717, 1.165) is 42.1 Å². The zero-order valence-corrected chi connectivity index (χ0v) is 14.6. The molecule has 2 heterocycles. The normalized spacial score (nSPS) is 32.8. The summed E-state index contributed by atoms with van der Waals surface area (Å²) in [5.74, 6) is 2.96. The zero-order valence-electron chi connectivity index (χ0n) is 13.7. The molecule has 0 radical (unpaired) electrons. The number of aromatic nitrogens is 1. The van der Waals surface area contributed by atoms with Crippen molar-refractivity contribution in [1.29, 1.82) is 0 Å². The Balaban J connectivity index is 1.41. The molecule has 2 aliphatic carbocycles. The Morgan fingerprint density at radius 2 is 2.26 bits per heavy atom. The van der Waals surface area contributed by atoms with E-state index in [1.54, 1.807) is 11.3 Å². The number of hydrogen-bond donors (Lipinski definition) is 1. The number of nitrogens with zero attached hydrogens (tertiary/aromatic N) is 2. The number of thiazole rings is 1. The standard InChI is InChI=1S/C18H27N3OS/c19-6-5-17-20-16(11-23-17)18(22)21-7-1-2-15(21)10-14-9-12-3-4-13(14)8-12/h11-15H,1-10,19H2. The first-order valence-electron chi connectivity index (χ1n) is 9.20. The average Bonchev–Trinajstić information content (AvgIpc) is 3.31. The van der Waals surface area contributed by atoms with Gasteiger partial charge in [0.15, 0.2) is 0 Å². The highest BCUT2D eigenvalue weighted by Crippen LogP contribution is 2.50. The van der Waals surface area contributed by atoms with Crippen molar-refractivity contribution in [2.24, 2.45) is 23.5 Å². The van der Waals surface area contributed by atoms with Crippen LogP contribution in [0.3, 0.4) is 0 Å². The van der Waals surface area contributed by atoms with Crippen LogP contribution in [0.4, 0.5) is 0 Å². The number of amides is 1. The van der Waals surface area contributed by atoms with E-state index >= 15 is 0 Å². The molecule has 1 saturated heterocycles. The molecule has 4 unspecified atom stereocenters. The average molecular weight is 334 g/mol. The van der Waals surface area contributed by atoms with Crippen LogP contribution in [0.5, 0.6) is 0 Å². The number of likely N-dealkylation sites (tertiary alicyclic amines) is 1. The van der Waals surface area contributed by atoms with Gasteiger partial charge in [-0.25, -0.2) is 4.98 Å². The molecule has 3 fully saturated rings. The van der Waals surface area contributed by atoms with Gasteiger partial charge in [0.1, 0.15) is 5.69 Å². The van der Waals surface area contributed by atoms with Gasteiger partial charge in [-0.05, 0) is 62.8 Å². The molecule has 3 aliphatic rings. The summed E-state index contributed by atoms with van der Waals surface area (Å²) in [6.07, 6.45) is 10.1. The SMILES string of the molecule is NCCc1nc(C(=O)N2CCCC2CC2CC3CCC2C3)cs1. The van der Waals surface area contributed by atoms with Gasteiger partial charge in [-0.1, -0.05) is 6.42 Å². The molecule has 1 aromatic rings.